The maximum atomic E-state index is 12.1. The van der Waals surface area contributed by atoms with Crippen molar-refractivity contribution in [2.24, 2.45) is 5.92 Å². The van der Waals surface area contributed by atoms with Gasteiger partial charge in [0.1, 0.15) is 5.69 Å². The lowest BCUT2D eigenvalue weighted by Gasteiger charge is -2.20. The first kappa shape index (κ1) is 13.5. The third-order valence-corrected chi connectivity index (χ3v) is 3.70. The summed E-state index contributed by atoms with van der Waals surface area (Å²) in [6.07, 6.45) is 9.83. The summed E-state index contributed by atoms with van der Waals surface area (Å²) in [5, 5.41) is 16.6. The number of rotatable bonds is 3. The van der Waals surface area contributed by atoms with Gasteiger partial charge in [-0.25, -0.2) is 9.67 Å². The second-order valence-electron chi connectivity index (χ2n) is 5.18. The standard InChI is InChI=1S/C14H17N5O2/c20-12(10-5-2-1-3-6-10)17-11-9-15-14(18-13(11)21)19-8-4-7-16-19/h4,7-10H,1-3,5-6H2,(H,17,20)(H,15,18,21). The minimum atomic E-state index is -0.250. The Morgan fingerprint density at radius 2 is 2.14 bits per heavy atom. The third kappa shape index (κ3) is 3.01. The number of amides is 1. The van der Waals surface area contributed by atoms with Gasteiger partial charge in [0.25, 0.3) is 5.95 Å². The van der Waals surface area contributed by atoms with Crippen LogP contribution in [0.4, 0.5) is 5.69 Å². The maximum Gasteiger partial charge on any atom is 0.253 e. The molecule has 0 unspecified atom stereocenters. The normalized spacial score (nSPS) is 15.8. The summed E-state index contributed by atoms with van der Waals surface area (Å²) >= 11 is 0. The number of hydrogen-bond donors (Lipinski definition) is 2. The van der Waals surface area contributed by atoms with Crippen LogP contribution >= 0.6 is 0 Å². The number of nitrogens with zero attached hydrogens (tertiary/aromatic N) is 4. The van der Waals surface area contributed by atoms with Crippen LogP contribution in [0.3, 0.4) is 0 Å². The van der Waals surface area contributed by atoms with Gasteiger partial charge in [-0.2, -0.15) is 10.1 Å². The van der Waals surface area contributed by atoms with Gasteiger partial charge in [-0.1, -0.05) is 19.3 Å². The molecular weight excluding hydrogens is 270 g/mol. The van der Waals surface area contributed by atoms with Crippen LogP contribution in [-0.2, 0) is 4.79 Å². The Kier molecular flexibility index (Phi) is 3.81. The first-order valence-electron chi connectivity index (χ1n) is 7.11. The number of carbonyl (C=O) groups is 1. The van der Waals surface area contributed by atoms with Gasteiger partial charge in [-0.05, 0) is 18.9 Å². The summed E-state index contributed by atoms with van der Waals surface area (Å²) in [4.78, 5) is 20.2. The Balaban J connectivity index is 1.72. The highest BCUT2D eigenvalue weighted by Gasteiger charge is 2.22. The lowest BCUT2D eigenvalue weighted by atomic mass is 9.88. The molecule has 0 radical (unpaired) electrons. The summed E-state index contributed by atoms with van der Waals surface area (Å²) in [7, 11) is 0. The van der Waals surface area contributed by atoms with E-state index in [-0.39, 0.29) is 29.3 Å². The van der Waals surface area contributed by atoms with Gasteiger partial charge in [-0.3, -0.25) is 4.79 Å². The van der Waals surface area contributed by atoms with Crippen molar-refractivity contribution in [3.63, 3.8) is 0 Å². The maximum absolute atomic E-state index is 12.1. The van der Waals surface area contributed by atoms with Crippen molar-refractivity contribution in [3.05, 3.63) is 24.7 Å². The molecule has 1 aliphatic rings. The Labute approximate surface area is 122 Å². The van der Waals surface area contributed by atoms with Crippen molar-refractivity contribution in [2.45, 2.75) is 32.1 Å². The van der Waals surface area contributed by atoms with E-state index in [0.717, 1.165) is 25.7 Å². The van der Waals surface area contributed by atoms with Crippen LogP contribution in [0.2, 0.25) is 0 Å². The van der Waals surface area contributed by atoms with E-state index in [2.05, 4.69) is 20.4 Å². The average Bonchev–Trinajstić information content (AvgIpc) is 3.04. The molecule has 0 spiro atoms. The Bertz CT molecular complexity index is 620. The highest BCUT2D eigenvalue weighted by molar-refractivity contribution is 5.93. The molecular formula is C14H17N5O2. The van der Waals surface area contributed by atoms with Gasteiger partial charge in [0.15, 0.2) is 0 Å². The number of aromatic hydroxyl groups is 1. The van der Waals surface area contributed by atoms with Crippen LogP contribution < -0.4 is 5.32 Å². The van der Waals surface area contributed by atoms with E-state index >= 15 is 0 Å². The van der Waals surface area contributed by atoms with E-state index in [0.29, 0.717) is 0 Å². The molecule has 0 aliphatic heterocycles. The molecule has 21 heavy (non-hydrogen) atoms. The van der Waals surface area contributed by atoms with Gasteiger partial charge in [0.05, 0.1) is 6.20 Å². The molecule has 0 aromatic carbocycles. The molecule has 3 rings (SSSR count). The molecule has 2 aromatic heterocycles. The Morgan fingerprint density at radius 3 is 2.81 bits per heavy atom. The second-order valence-corrected chi connectivity index (χ2v) is 5.18. The van der Waals surface area contributed by atoms with Crippen LogP contribution in [0.15, 0.2) is 24.7 Å². The molecule has 0 atom stereocenters. The molecule has 1 fully saturated rings. The lowest BCUT2D eigenvalue weighted by molar-refractivity contribution is -0.120. The molecule has 7 nitrogen and oxygen atoms in total. The first-order chi connectivity index (χ1) is 10.2. The molecule has 7 heteroatoms. The van der Waals surface area contributed by atoms with Gasteiger partial charge in [0.2, 0.25) is 11.8 Å². The van der Waals surface area contributed by atoms with Crippen molar-refractivity contribution >= 4 is 11.6 Å². The zero-order chi connectivity index (χ0) is 14.7. The molecule has 110 valence electrons. The van der Waals surface area contributed by atoms with Crippen molar-refractivity contribution < 1.29 is 9.90 Å². The summed E-state index contributed by atoms with van der Waals surface area (Å²) in [6, 6.07) is 1.74. The summed E-state index contributed by atoms with van der Waals surface area (Å²) in [6.45, 7) is 0. The van der Waals surface area contributed by atoms with Crippen LogP contribution in [0.5, 0.6) is 5.88 Å². The fourth-order valence-electron chi connectivity index (χ4n) is 2.55. The van der Waals surface area contributed by atoms with Gasteiger partial charge >= 0.3 is 0 Å². The molecule has 1 amide bonds. The largest absolute Gasteiger partial charge is 0.492 e. The van der Waals surface area contributed by atoms with E-state index in [4.69, 9.17) is 0 Å². The minimum absolute atomic E-state index is 0.0175. The van der Waals surface area contributed by atoms with Crippen molar-refractivity contribution in [1.29, 1.82) is 0 Å². The minimum Gasteiger partial charge on any atom is -0.492 e. The summed E-state index contributed by atoms with van der Waals surface area (Å²) in [5.41, 5.74) is 0.237. The zero-order valence-electron chi connectivity index (χ0n) is 11.6. The predicted molar refractivity (Wildman–Crippen MR) is 76.0 cm³/mol. The number of aromatic nitrogens is 4. The van der Waals surface area contributed by atoms with Gasteiger partial charge in [-0.15, -0.1) is 0 Å². The molecule has 1 saturated carbocycles. The highest BCUT2D eigenvalue weighted by Crippen LogP contribution is 2.26. The van der Waals surface area contributed by atoms with E-state index in [1.807, 2.05) is 0 Å². The Hall–Kier alpha value is -2.44. The molecule has 0 saturated heterocycles. The van der Waals surface area contributed by atoms with Gasteiger partial charge < -0.3 is 10.4 Å². The van der Waals surface area contributed by atoms with E-state index in [9.17, 15) is 9.90 Å². The second kappa shape index (κ2) is 5.90. The number of nitrogens with one attached hydrogen (secondary N) is 1. The zero-order valence-corrected chi connectivity index (χ0v) is 11.6. The topological polar surface area (TPSA) is 92.9 Å². The molecule has 0 bridgehead atoms. The van der Waals surface area contributed by atoms with Crippen molar-refractivity contribution in [2.75, 3.05) is 5.32 Å². The van der Waals surface area contributed by atoms with Crippen molar-refractivity contribution in [3.8, 4) is 11.8 Å². The Morgan fingerprint density at radius 1 is 1.33 bits per heavy atom. The predicted octanol–water partition coefficient (Wildman–Crippen LogP) is 1.89. The fraction of sp³-hybridized carbons (Fsp3) is 0.429. The highest BCUT2D eigenvalue weighted by atomic mass is 16.3. The quantitative estimate of drug-likeness (QED) is 0.899. The van der Waals surface area contributed by atoms with Crippen LogP contribution in [-0.4, -0.2) is 30.8 Å². The summed E-state index contributed by atoms with van der Waals surface area (Å²) < 4.78 is 1.44. The number of carbonyl (C=O) groups excluding carboxylic acids is 1. The van der Waals surface area contributed by atoms with E-state index in [1.54, 1.807) is 18.5 Å². The summed E-state index contributed by atoms with van der Waals surface area (Å²) in [5.74, 6) is -0.0443. The molecule has 2 aromatic rings. The lowest BCUT2D eigenvalue weighted by Crippen LogP contribution is -2.25. The molecule has 1 aliphatic carbocycles. The first-order valence-corrected chi connectivity index (χ1v) is 7.11. The number of hydrogen-bond acceptors (Lipinski definition) is 5. The number of anilines is 1. The van der Waals surface area contributed by atoms with Crippen molar-refractivity contribution in [1.82, 2.24) is 19.7 Å². The smallest absolute Gasteiger partial charge is 0.253 e. The third-order valence-electron chi connectivity index (χ3n) is 3.70. The fourth-order valence-corrected chi connectivity index (χ4v) is 2.55. The van der Waals surface area contributed by atoms with Crippen LogP contribution in [0.1, 0.15) is 32.1 Å². The monoisotopic (exact) mass is 287 g/mol. The van der Waals surface area contributed by atoms with Gasteiger partial charge in [0, 0.05) is 18.3 Å². The van der Waals surface area contributed by atoms with E-state index < -0.39 is 0 Å². The SMILES string of the molecule is O=C(Nc1cnc(-n2cccn2)nc1O)C1CCCCC1. The van der Waals surface area contributed by atoms with Crippen LogP contribution in [0, 0.1) is 5.92 Å². The molecule has 2 heterocycles. The van der Waals surface area contributed by atoms with Crippen LogP contribution in [0.25, 0.3) is 5.95 Å². The van der Waals surface area contributed by atoms with E-state index in [1.165, 1.54) is 17.3 Å². The average molecular weight is 287 g/mol. The molecule has 2 N–H and O–H groups in total.